The van der Waals surface area contributed by atoms with Gasteiger partial charge < -0.3 is 16.0 Å². The third-order valence-electron chi connectivity index (χ3n) is 2.79. The molecule has 1 aliphatic rings. The molecule has 1 heterocycles. The molecule has 3 heteroatoms. The predicted molar refractivity (Wildman–Crippen MR) is 65.1 cm³/mol. The van der Waals surface area contributed by atoms with Crippen LogP contribution in [0.15, 0.2) is 24.3 Å². The summed E-state index contributed by atoms with van der Waals surface area (Å²) in [4.78, 5) is 2.39. The molecule has 2 atom stereocenters. The quantitative estimate of drug-likeness (QED) is 0.682. The van der Waals surface area contributed by atoms with Gasteiger partial charge in [0.15, 0.2) is 0 Å². The average molecular weight is 205 g/mol. The lowest BCUT2D eigenvalue weighted by Crippen LogP contribution is -2.54. The Labute approximate surface area is 91.3 Å². The van der Waals surface area contributed by atoms with Gasteiger partial charge in [0.05, 0.1) is 0 Å². The van der Waals surface area contributed by atoms with Crippen molar-refractivity contribution in [1.29, 1.82) is 0 Å². The third-order valence-corrected chi connectivity index (χ3v) is 2.79. The van der Waals surface area contributed by atoms with Crippen LogP contribution in [0.4, 0.5) is 11.4 Å². The summed E-state index contributed by atoms with van der Waals surface area (Å²) >= 11 is 0. The summed E-state index contributed by atoms with van der Waals surface area (Å²) in [6, 6.07) is 9.19. The van der Waals surface area contributed by atoms with Gasteiger partial charge in [0.25, 0.3) is 0 Å². The molecule has 1 aliphatic heterocycles. The number of nitrogens with one attached hydrogen (secondary N) is 1. The Balaban J connectivity index is 2.16. The van der Waals surface area contributed by atoms with Crippen LogP contribution in [0.25, 0.3) is 0 Å². The summed E-state index contributed by atoms with van der Waals surface area (Å²) < 4.78 is 0. The van der Waals surface area contributed by atoms with E-state index in [9.17, 15) is 0 Å². The lowest BCUT2D eigenvalue weighted by atomic mass is 10.1. The molecule has 0 aromatic heterocycles. The maximum Gasteiger partial charge on any atom is 0.0387 e. The molecule has 0 bridgehead atoms. The van der Waals surface area contributed by atoms with E-state index in [1.54, 1.807) is 0 Å². The van der Waals surface area contributed by atoms with E-state index in [1.165, 1.54) is 5.69 Å². The van der Waals surface area contributed by atoms with Crippen molar-refractivity contribution < 1.29 is 0 Å². The lowest BCUT2D eigenvalue weighted by molar-refractivity contribution is 0.407. The summed E-state index contributed by atoms with van der Waals surface area (Å²) in [6.45, 7) is 6.53. The van der Waals surface area contributed by atoms with Crippen molar-refractivity contribution in [3.05, 3.63) is 24.3 Å². The largest absolute Gasteiger partial charge is 0.399 e. The van der Waals surface area contributed by atoms with Crippen molar-refractivity contribution in [3.63, 3.8) is 0 Å². The second-order valence-corrected chi connectivity index (χ2v) is 4.47. The topological polar surface area (TPSA) is 41.3 Å². The molecule has 0 radical (unpaired) electrons. The zero-order valence-electron chi connectivity index (χ0n) is 9.40. The van der Waals surface area contributed by atoms with Crippen LogP contribution in [0.5, 0.6) is 0 Å². The van der Waals surface area contributed by atoms with Gasteiger partial charge in [-0.3, -0.25) is 0 Å². The van der Waals surface area contributed by atoms with Crippen molar-refractivity contribution in [2.24, 2.45) is 0 Å². The molecular formula is C12H19N3. The second kappa shape index (κ2) is 4.11. The predicted octanol–water partition coefficient (Wildman–Crippen LogP) is 1.46. The molecule has 0 spiro atoms. The Morgan fingerprint density at radius 3 is 2.53 bits per heavy atom. The van der Waals surface area contributed by atoms with Crippen LogP contribution in [-0.4, -0.2) is 25.2 Å². The normalized spacial score (nSPS) is 26.7. The van der Waals surface area contributed by atoms with Gasteiger partial charge in [0.2, 0.25) is 0 Å². The molecule has 1 saturated heterocycles. The highest BCUT2D eigenvalue weighted by Gasteiger charge is 2.20. The minimum absolute atomic E-state index is 0.537. The number of anilines is 2. The Bertz CT molecular complexity index is 327. The van der Waals surface area contributed by atoms with Crippen LogP contribution in [0.1, 0.15) is 13.8 Å². The van der Waals surface area contributed by atoms with E-state index in [4.69, 9.17) is 5.73 Å². The van der Waals surface area contributed by atoms with Gasteiger partial charge in [-0.05, 0) is 32.0 Å². The fourth-order valence-electron chi connectivity index (χ4n) is 2.26. The number of hydrogen-bond donors (Lipinski definition) is 2. The third kappa shape index (κ3) is 2.42. The lowest BCUT2D eigenvalue weighted by Gasteiger charge is -2.37. The summed E-state index contributed by atoms with van der Waals surface area (Å²) in [6.07, 6.45) is 0. The van der Waals surface area contributed by atoms with E-state index in [1.807, 2.05) is 18.2 Å². The Morgan fingerprint density at radius 1 is 1.27 bits per heavy atom. The molecule has 2 rings (SSSR count). The van der Waals surface area contributed by atoms with E-state index < -0.39 is 0 Å². The number of nitrogens with two attached hydrogens (primary N) is 1. The van der Waals surface area contributed by atoms with Gasteiger partial charge in [0.1, 0.15) is 0 Å². The van der Waals surface area contributed by atoms with Crippen molar-refractivity contribution >= 4 is 11.4 Å². The SMILES string of the molecule is C[C@@H]1CN(c2cccc(N)c2)C[C@H](C)N1. The number of hydrogen-bond acceptors (Lipinski definition) is 3. The molecule has 0 unspecified atom stereocenters. The van der Waals surface area contributed by atoms with E-state index in [2.05, 4.69) is 30.1 Å². The number of rotatable bonds is 1. The van der Waals surface area contributed by atoms with Crippen molar-refractivity contribution in [1.82, 2.24) is 5.32 Å². The van der Waals surface area contributed by atoms with Crippen LogP contribution in [0, 0.1) is 0 Å². The molecule has 3 N–H and O–H groups in total. The first-order valence-corrected chi connectivity index (χ1v) is 5.51. The zero-order valence-corrected chi connectivity index (χ0v) is 9.40. The summed E-state index contributed by atoms with van der Waals surface area (Å²) in [5.74, 6) is 0. The van der Waals surface area contributed by atoms with E-state index in [0.29, 0.717) is 12.1 Å². The van der Waals surface area contributed by atoms with Crippen LogP contribution in [-0.2, 0) is 0 Å². The molecule has 0 aliphatic carbocycles. The highest BCUT2D eigenvalue weighted by atomic mass is 15.2. The maximum atomic E-state index is 5.79. The molecule has 1 aromatic carbocycles. The molecule has 3 nitrogen and oxygen atoms in total. The van der Waals surface area contributed by atoms with Crippen molar-refractivity contribution in [3.8, 4) is 0 Å². The molecule has 1 aromatic rings. The Morgan fingerprint density at radius 2 is 1.93 bits per heavy atom. The minimum Gasteiger partial charge on any atom is -0.399 e. The number of nitrogens with zero attached hydrogens (tertiary/aromatic N) is 1. The molecule has 1 fully saturated rings. The second-order valence-electron chi connectivity index (χ2n) is 4.47. The zero-order chi connectivity index (χ0) is 10.8. The van der Waals surface area contributed by atoms with Gasteiger partial charge in [-0.2, -0.15) is 0 Å². The first-order chi connectivity index (χ1) is 7.15. The van der Waals surface area contributed by atoms with E-state index in [-0.39, 0.29) is 0 Å². The van der Waals surface area contributed by atoms with Gasteiger partial charge >= 0.3 is 0 Å². The highest BCUT2D eigenvalue weighted by Crippen LogP contribution is 2.19. The van der Waals surface area contributed by atoms with Gasteiger partial charge in [0, 0.05) is 36.5 Å². The monoisotopic (exact) mass is 205 g/mol. The van der Waals surface area contributed by atoms with Gasteiger partial charge in [-0.1, -0.05) is 6.07 Å². The summed E-state index contributed by atoms with van der Waals surface area (Å²) in [7, 11) is 0. The number of nitrogen functional groups attached to an aromatic ring is 1. The molecule has 15 heavy (non-hydrogen) atoms. The standard InChI is InChI=1S/C12H19N3/c1-9-7-15(8-10(2)14-9)12-5-3-4-11(13)6-12/h3-6,9-10,14H,7-8,13H2,1-2H3/t9-,10+. The molecule has 0 saturated carbocycles. The number of benzene rings is 1. The first kappa shape index (κ1) is 10.3. The fraction of sp³-hybridized carbons (Fsp3) is 0.500. The highest BCUT2D eigenvalue weighted by molar-refractivity contribution is 5.56. The molecular weight excluding hydrogens is 186 g/mol. The molecule has 0 amide bonds. The fourth-order valence-corrected chi connectivity index (χ4v) is 2.26. The van der Waals surface area contributed by atoms with Gasteiger partial charge in [-0.25, -0.2) is 0 Å². The van der Waals surface area contributed by atoms with Crippen LogP contribution >= 0.6 is 0 Å². The van der Waals surface area contributed by atoms with Crippen molar-refractivity contribution in [2.45, 2.75) is 25.9 Å². The maximum absolute atomic E-state index is 5.79. The van der Waals surface area contributed by atoms with Gasteiger partial charge in [-0.15, -0.1) is 0 Å². The first-order valence-electron chi connectivity index (χ1n) is 5.51. The van der Waals surface area contributed by atoms with Crippen molar-refractivity contribution in [2.75, 3.05) is 23.7 Å². The number of piperazine rings is 1. The van der Waals surface area contributed by atoms with E-state index in [0.717, 1.165) is 18.8 Å². The van der Waals surface area contributed by atoms with E-state index >= 15 is 0 Å². The van der Waals surface area contributed by atoms with Crippen LogP contribution in [0.3, 0.4) is 0 Å². The Kier molecular flexibility index (Phi) is 2.82. The summed E-state index contributed by atoms with van der Waals surface area (Å²) in [5, 5.41) is 3.52. The minimum atomic E-state index is 0.537. The smallest absolute Gasteiger partial charge is 0.0387 e. The van der Waals surface area contributed by atoms with Crippen LogP contribution in [0.2, 0.25) is 0 Å². The van der Waals surface area contributed by atoms with Crippen LogP contribution < -0.4 is 16.0 Å². The molecule has 82 valence electrons. The Hall–Kier alpha value is -1.22. The average Bonchev–Trinajstić information content (AvgIpc) is 2.16. The summed E-state index contributed by atoms with van der Waals surface area (Å²) in [5.41, 5.74) is 7.86.